The predicted octanol–water partition coefficient (Wildman–Crippen LogP) is 1.79. The molecule has 1 rings (SSSR count). The van der Waals surface area contributed by atoms with Crippen LogP contribution < -0.4 is 0 Å². The van der Waals surface area contributed by atoms with Gasteiger partial charge in [0.1, 0.15) is 5.78 Å². The number of aromatic nitrogens is 1. The highest BCUT2D eigenvalue weighted by atomic mass is 16.5. The number of pyridine rings is 1. The van der Waals surface area contributed by atoms with Crippen molar-refractivity contribution in [3.8, 4) is 0 Å². The fraction of sp³-hybridized carbons (Fsp3) is 0.500. The molecule has 0 N–H and O–H groups in total. The Kier molecular flexibility index (Phi) is 4.98. The van der Waals surface area contributed by atoms with Gasteiger partial charge in [0.25, 0.3) is 0 Å². The third kappa shape index (κ3) is 4.21. The first-order valence-electron chi connectivity index (χ1n) is 5.20. The number of ether oxygens (including phenoxy) is 1. The van der Waals surface area contributed by atoms with Crippen LogP contribution >= 0.6 is 0 Å². The minimum absolute atomic E-state index is 0.175. The minimum Gasteiger partial charge on any atom is -0.384 e. The molecule has 1 aromatic heterocycles. The van der Waals surface area contributed by atoms with Crippen molar-refractivity contribution in [2.75, 3.05) is 13.7 Å². The SMILES string of the molecule is CCc1ccc(CC(=O)CCOC)nc1. The standard InChI is InChI=1S/C12H17NO2/c1-3-10-4-5-11(13-9-10)8-12(14)6-7-15-2/h4-5,9H,3,6-8H2,1-2H3. The Morgan fingerprint density at radius 2 is 2.27 bits per heavy atom. The maximum Gasteiger partial charge on any atom is 0.141 e. The second-order valence-electron chi connectivity index (χ2n) is 3.47. The molecule has 0 atom stereocenters. The zero-order valence-electron chi connectivity index (χ0n) is 9.32. The molecule has 0 aliphatic heterocycles. The van der Waals surface area contributed by atoms with Gasteiger partial charge in [-0.05, 0) is 18.1 Å². The third-order valence-electron chi connectivity index (χ3n) is 2.26. The molecule has 0 aliphatic carbocycles. The van der Waals surface area contributed by atoms with Crippen molar-refractivity contribution in [2.24, 2.45) is 0 Å². The summed E-state index contributed by atoms with van der Waals surface area (Å²) in [6.45, 7) is 2.58. The van der Waals surface area contributed by atoms with E-state index >= 15 is 0 Å². The van der Waals surface area contributed by atoms with Crippen LogP contribution in [0.25, 0.3) is 0 Å². The van der Waals surface area contributed by atoms with Crippen molar-refractivity contribution in [3.63, 3.8) is 0 Å². The number of nitrogens with zero attached hydrogens (tertiary/aromatic N) is 1. The summed E-state index contributed by atoms with van der Waals surface area (Å²) in [4.78, 5) is 15.6. The van der Waals surface area contributed by atoms with Crippen LogP contribution in [0.1, 0.15) is 24.6 Å². The Hall–Kier alpha value is -1.22. The Morgan fingerprint density at radius 1 is 1.47 bits per heavy atom. The Morgan fingerprint density at radius 3 is 2.80 bits per heavy atom. The summed E-state index contributed by atoms with van der Waals surface area (Å²) in [6, 6.07) is 3.94. The molecule has 0 saturated carbocycles. The van der Waals surface area contributed by atoms with Crippen molar-refractivity contribution in [2.45, 2.75) is 26.2 Å². The lowest BCUT2D eigenvalue weighted by Gasteiger charge is -2.01. The van der Waals surface area contributed by atoms with E-state index in [2.05, 4.69) is 11.9 Å². The Balaban J connectivity index is 2.46. The van der Waals surface area contributed by atoms with E-state index in [-0.39, 0.29) is 5.78 Å². The number of carbonyl (C=O) groups excluding carboxylic acids is 1. The van der Waals surface area contributed by atoms with E-state index in [1.807, 2.05) is 18.3 Å². The van der Waals surface area contributed by atoms with Crippen LogP contribution in [-0.4, -0.2) is 24.5 Å². The number of carbonyl (C=O) groups is 1. The van der Waals surface area contributed by atoms with Crippen molar-refractivity contribution >= 4 is 5.78 Å². The van der Waals surface area contributed by atoms with Gasteiger partial charge in [-0.1, -0.05) is 13.0 Å². The number of Topliss-reactive ketones (excluding diaryl/α,β-unsaturated/α-hetero) is 1. The quantitative estimate of drug-likeness (QED) is 0.714. The molecule has 3 nitrogen and oxygen atoms in total. The highest BCUT2D eigenvalue weighted by molar-refractivity contribution is 5.80. The number of methoxy groups -OCH3 is 1. The van der Waals surface area contributed by atoms with E-state index in [0.717, 1.165) is 12.1 Å². The van der Waals surface area contributed by atoms with Crippen LogP contribution in [0, 0.1) is 0 Å². The summed E-state index contributed by atoms with van der Waals surface area (Å²) < 4.78 is 4.85. The first-order chi connectivity index (χ1) is 7.26. The van der Waals surface area contributed by atoms with E-state index in [1.54, 1.807) is 7.11 Å². The van der Waals surface area contributed by atoms with E-state index < -0.39 is 0 Å². The van der Waals surface area contributed by atoms with Gasteiger partial charge in [0.15, 0.2) is 0 Å². The van der Waals surface area contributed by atoms with Crippen molar-refractivity contribution in [3.05, 3.63) is 29.6 Å². The summed E-state index contributed by atoms with van der Waals surface area (Å²) in [5.41, 5.74) is 2.04. The van der Waals surface area contributed by atoms with Gasteiger partial charge in [-0.25, -0.2) is 0 Å². The highest BCUT2D eigenvalue weighted by Gasteiger charge is 2.04. The molecule has 15 heavy (non-hydrogen) atoms. The first kappa shape index (κ1) is 11.9. The summed E-state index contributed by atoms with van der Waals surface area (Å²) >= 11 is 0. The number of aryl methyl sites for hydroxylation is 1. The largest absolute Gasteiger partial charge is 0.384 e. The molecule has 1 heterocycles. The fourth-order valence-electron chi connectivity index (χ4n) is 1.28. The van der Waals surface area contributed by atoms with Gasteiger partial charge >= 0.3 is 0 Å². The Bertz CT molecular complexity index is 306. The molecule has 0 saturated heterocycles. The summed E-state index contributed by atoms with van der Waals surface area (Å²) in [5.74, 6) is 0.175. The molecule has 1 aromatic rings. The van der Waals surface area contributed by atoms with Crippen LogP contribution in [0.4, 0.5) is 0 Å². The zero-order valence-corrected chi connectivity index (χ0v) is 9.32. The number of hydrogen-bond acceptors (Lipinski definition) is 3. The van der Waals surface area contributed by atoms with E-state index in [4.69, 9.17) is 4.74 Å². The maximum absolute atomic E-state index is 11.4. The maximum atomic E-state index is 11.4. The molecule has 0 fully saturated rings. The van der Waals surface area contributed by atoms with Crippen LogP contribution in [0.5, 0.6) is 0 Å². The van der Waals surface area contributed by atoms with Crippen molar-refractivity contribution in [1.82, 2.24) is 4.98 Å². The number of ketones is 1. The number of rotatable bonds is 6. The minimum atomic E-state index is 0.175. The topological polar surface area (TPSA) is 39.2 Å². The van der Waals surface area contributed by atoms with Crippen molar-refractivity contribution in [1.29, 1.82) is 0 Å². The molecule has 0 spiro atoms. The smallest absolute Gasteiger partial charge is 0.141 e. The molecule has 82 valence electrons. The summed E-state index contributed by atoms with van der Waals surface area (Å²) in [7, 11) is 1.60. The first-order valence-corrected chi connectivity index (χ1v) is 5.20. The van der Waals surface area contributed by atoms with Gasteiger partial charge in [-0.15, -0.1) is 0 Å². The number of hydrogen-bond donors (Lipinski definition) is 0. The molecule has 3 heteroatoms. The lowest BCUT2D eigenvalue weighted by Crippen LogP contribution is -2.07. The van der Waals surface area contributed by atoms with Gasteiger partial charge in [0.05, 0.1) is 6.61 Å². The van der Waals surface area contributed by atoms with Gasteiger partial charge in [-0.2, -0.15) is 0 Å². The second kappa shape index (κ2) is 6.30. The average molecular weight is 207 g/mol. The van der Waals surface area contributed by atoms with E-state index in [1.165, 1.54) is 5.56 Å². The van der Waals surface area contributed by atoms with Gasteiger partial charge in [0, 0.05) is 31.8 Å². The molecular formula is C12H17NO2. The molecule has 0 unspecified atom stereocenters. The monoisotopic (exact) mass is 207 g/mol. The molecule has 0 aliphatic rings. The van der Waals surface area contributed by atoms with E-state index in [9.17, 15) is 4.79 Å². The molecule has 0 radical (unpaired) electrons. The van der Waals surface area contributed by atoms with Crippen LogP contribution in [0.3, 0.4) is 0 Å². The molecule has 0 bridgehead atoms. The predicted molar refractivity (Wildman–Crippen MR) is 58.8 cm³/mol. The fourth-order valence-corrected chi connectivity index (χ4v) is 1.28. The highest BCUT2D eigenvalue weighted by Crippen LogP contribution is 2.03. The van der Waals surface area contributed by atoms with Crippen molar-refractivity contribution < 1.29 is 9.53 Å². The van der Waals surface area contributed by atoms with Gasteiger partial charge < -0.3 is 4.74 Å². The normalized spacial score (nSPS) is 10.3. The average Bonchev–Trinajstić information content (AvgIpc) is 2.27. The third-order valence-corrected chi connectivity index (χ3v) is 2.26. The summed E-state index contributed by atoms with van der Waals surface area (Å²) in [6.07, 6.45) is 3.69. The molecule has 0 amide bonds. The zero-order chi connectivity index (χ0) is 11.1. The lowest BCUT2D eigenvalue weighted by molar-refractivity contribution is -0.119. The van der Waals surface area contributed by atoms with Crippen LogP contribution in [0.15, 0.2) is 18.3 Å². The summed E-state index contributed by atoms with van der Waals surface area (Å²) in [5, 5.41) is 0. The van der Waals surface area contributed by atoms with Gasteiger partial charge in [0.2, 0.25) is 0 Å². The van der Waals surface area contributed by atoms with E-state index in [0.29, 0.717) is 19.4 Å². The second-order valence-corrected chi connectivity index (χ2v) is 3.47. The van der Waals surface area contributed by atoms with Gasteiger partial charge in [-0.3, -0.25) is 9.78 Å². The van der Waals surface area contributed by atoms with Crippen LogP contribution in [0.2, 0.25) is 0 Å². The molecular weight excluding hydrogens is 190 g/mol. The molecule has 0 aromatic carbocycles. The Labute approximate surface area is 90.5 Å². The lowest BCUT2D eigenvalue weighted by atomic mass is 10.1. The van der Waals surface area contributed by atoms with Crippen LogP contribution in [-0.2, 0) is 22.4 Å².